The maximum atomic E-state index is 5.99. The van der Waals surface area contributed by atoms with Crippen LogP contribution in [0.15, 0.2) is 30.6 Å². The predicted molar refractivity (Wildman–Crippen MR) is 76.5 cm³/mol. The number of hydrogen-bond donors (Lipinski definition) is 2. The van der Waals surface area contributed by atoms with Gasteiger partial charge >= 0.3 is 0 Å². The molecule has 1 aromatic carbocycles. The van der Waals surface area contributed by atoms with E-state index in [0.29, 0.717) is 33.9 Å². The molecule has 0 saturated carbocycles. The van der Waals surface area contributed by atoms with Crippen LogP contribution in [0.1, 0.15) is 0 Å². The molecule has 0 saturated heterocycles. The van der Waals surface area contributed by atoms with Crippen LogP contribution in [0.25, 0.3) is 5.65 Å². The highest BCUT2D eigenvalue weighted by Gasteiger charge is 2.11. The van der Waals surface area contributed by atoms with Gasteiger partial charge in [0.25, 0.3) is 0 Å². The Morgan fingerprint density at radius 1 is 1.35 bits per heavy atom. The molecule has 3 N–H and O–H groups in total. The van der Waals surface area contributed by atoms with E-state index in [1.807, 2.05) is 0 Å². The number of hydrogen-bond acceptors (Lipinski definition) is 6. The molecule has 8 heteroatoms. The van der Waals surface area contributed by atoms with E-state index in [9.17, 15) is 0 Å². The molecule has 0 unspecified atom stereocenters. The summed E-state index contributed by atoms with van der Waals surface area (Å²) in [5.41, 5.74) is 6.91. The van der Waals surface area contributed by atoms with Crippen molar-refractivity contribution >= 4 is 34.7 Å². The highest BCUT2D eigenvalue weighted by molar-refractivity contribution is 6.31. The molecule has 2 heterocycles. The topological polar surface area (TPSA) is 90.4 Å². The lowest BCUT2D eigenvalue weighted by Crippen LogP contribution is -2.01. The zero-order valence-corrected chi connectivity index (χ0v) is 11.3. The number of fused-ring (bicyclic) bond motifs is 1. The van der Waals surface area contributed by atoms with Crippen LogP contribution in [0.3, 0.4) is 0 Å². The number of benzene rings is 1. The van der Waals surface area contributed by atoms with Crippen molar-refractivity contribution in [1.82, 2.24) is 19.6 Å². The number of nitrogens with one attached hydrogen (secondary N) is 1. The van der Waals surface area contributed by atoms with Gasteiger partial charge in [0, 0.05) is 17.4 Å². The van der Waals surface area contributed by atoms with Crippen molar-refractivity contribution in [3.8, 4) is 5.75 Å². The van der Waals surface area contributed by atoms with Crippen LogP contribution < -0.4 is 15.8 Å². The molecule has 0 bridgehead atoms. The number of anilines is 3. The summed E-state index contributed by atoms with van der Waals surface area (Å²) in [7, 11) is 1.58. The van der Waals surface area contributed by atoms with E-state index in [0.717, 1.165) is 0 Å². The number of nitrogens with zero attached hydrogens (tertiary/aromatic N) is 4. The summed E-state index contributed by atoms with van der Waals surface area (Å²) in [6, 6.07) is 5.25. The molecule has 7 nitrogen and oxygen atoms in total. The predicted octanol–water partition coefficient (Wildman–Crippen LogP) is 2.11. The first-order valence-corrected chi connectivity index (χ1v) is 6.12. The summed E-state index contributed by atoms with van der Waals surface area (Å²) in [4.78, 5) is 4.23. The quantitative estimate of drug-likeness (QED) is 0.768. The maximum Gasteiger partial charge on any atom is 0.226 e. The normalized spacial score (nSPS) is 10.7. The molecule has 0 fully saturated rings. The molecule has 0 aliphatic heterocycles. The van der Waals surface area contributed by atoms with Gasteiger partial charge in [-0.25, -0.2) is 4.98 Å². The van der Waals surface area contributed by atoms with Crippen molar-refractivity contribution in [2.75, 3.05) is 18.2 Å². The SMILES string of the molecule is COc1ccc(Cl)cc1Nc1nccn2c(N)nnc12. The largest absolute Gasteiger partial charge is 0.495 e. The van der Waals surface area contributed by atoms with Crippen LogP contribution in [0, 0.1) is 0 Å². The molecule has 0 aliphatic carbocycles. The van der Waals surface area contributed by atoms with Gasteiger partial charge in [0.15, 0.2) is 5.82 Å². The van der Waals surface area contributed by atoms with Gasteiger partial charge < -0.3 is 15.8 Å². The molecule has 2 aromatic heterocycles. The van der Waals surface area contributed by atoms with Crippen LogP contribution in [0.5, 0.6) is 5.75 Å². The zero-order valence-electron chi connectivity index (χ0n) is 10.5. The Balaban J connectivity index is 2.07. The summed E-state index contributed by atoms with van der Waals surface area (Å²) in [5, 5.41) is 11.5. The number of halogens is 1. The third kappa shape index (κ3) is 2.08. The first-order chi connectivity index (χ1) is 9.69. The summed E-state index contributed by atoms with van der Waals surface area (Å²) in [6.07, 6.45) is 3.29. The number of nitrogens with two attached hydrogens (primary N) is 1. The molecule has 0 amide bonds. The van der Waals surface area contributed by atoms with E-state index in [4.69, 9.17) is 22.1 Å². The van der Waals surface area contributed by atoms with Gasteiger partial charge in [-0.15, -0.1) is 10.2 Å². The number of rotatable bonds is 3. The molecule has 0 radical (unpaired) electrons. The lowest BCUT2D eigenvalue weighted by molar-refractivity contribution is 0.417. The minimum absolute atomic E-state index is 0.295. The van der Waals surface area contributed by atoms with Crippen LogP contribution in [-0.2, 0) is 0 Å². The van der Waals surface area contributed by atoms with Gasteiger partial charge in [-0.1, -0.05) is 11.6 Å². The third-order valence-electron chi connectivity index (χ3n) is 2.77. The van der Waals surface area contributed by atoms with Crippen LogP contribution >= 0.6 is 11.6 Å². The first kappa shape index (κ1) is 12.5. The number of aromatic nitrogens is 4. The second-order valence-electron chi connectivity index (χ2n) is 4.00. The molecule has 0 atom stereocenters. The van der Waals surface area contributed by atoms with Gasteiger partial charge in [0.2, 0.25) is 11.6 Å². The van der Waals surface area contributed by atoms with Crippen molar-refractivity contribution in [2.24, 2.45) is 0 Å². The highest BCUT2D eigenvalue weighted by atomic mass is 35.5. The molecular weight excluding hydrogens is 280 g/mol. The van der Waals surface area contributed by atoms with Crippen LogP contribution in [-0.4, -0.2) is 26.7 Å². The first-order valence-electron chi connectivity index (χ1n) is 5.75. The Labute approximate surface area is 119 Å². The molecule has 3 aromatic rings. The van der Waals surface area contributed by atoms with E-state index in [1.165, 1.54) is 0 Å². The standard InChI is InChI=1S/C12H11ClN6O/c1-20-9-3-2-7(13)6-8(9)16-10-11-17-18-12(14)19(11)5-4-15-10/h2-6H,1H3,(H2,14,18)(H,15,16). The van der Waals surface area contributed by atoms with Crippen molar-refractivity contribution in [3.05, 3.63) is 35.6 Å². The zero-order chi connectivity index (χ0) is 14.1. The van der Waals surface area contributed by atoms with Crippen molar-refractivity contribution in [1.29, 1.82) is 0 Å². The molecule has 102 valence electrons. The van der Waals surface area contributed by atoms with Gasteiger partial charge in [-0.3, -0.25) is 4.40 Å². The Bertz CT molecular complexity index is 772. The monoisotopic (exact) mass is 290 g/mol. The summed E-state index contributed by atoms with van der Waals surface area (Å²) < 4.78 is 6.90. The Hall–Kier alpha value is -2.54. The Morgan fingerprint density at radius 2 is 2.20 bits per heavy atom. The van der Waals surface area contributed by atoms with Gasteiger partial charge in [-0.2, -0.15) is 0 Å². The summed E-state index contributed by atoms with van der Waals surface area (Å²) >= 11 is 5.99. The third-order valence-corrected chi connectivity index (χ3v) is 3.00. The van der Waals surface area contributed by atoms with Crippen LogP contribution in [0.2, 0.25) is 5.02 Å². The Kier molecular flexibility index (Phi) is 3.03. The smallest absolute Gasteiger partial charge is 0.226 e. The average molecular weight is 291 g/mol. The maximum absolute atomic E-state index is 5.99. The fourth-order valence-corrected chi connectivity index (χ4v) is 2.01. The van der Waals surface area contributed by atoms with E-state index >= 15 is 0 Å². The number of nitrogen functional groups attached to an aromatic ring is 1. The Morgan fingerprint density at radius 3 is 3.00 bits per heavy atom. The van der Waals surface area contributed by atoms with Crippen molar-refractivity contribution in [3.63, 3.8) is 0 Å². The molecule has 20 heavy (non-hydrogen) atoms. The van der Waals surface area contributed by atoms with Gasteiger partial charge in [0.1, 0.15) is 5.75 Å². The fourth-order valence-electron chi connectivity index (χ4n) is 1.84. The summed E-state index contributed by atoms with van der Waals surface area (Å²) in [5.74, 6) is 1.45. The lowest BCUT2D eigenvalue weighted by atomic mass is 10.3. The van der Waals surface area contributed by atoms with Gasteiger partial charge in [-0.05, 0) is 18.2 Å². The molecule has 0 spiro atoms. The molecule has 0 aliphatic rings. The van der Waals surface area contributed by atoms with Crippen LogP contribution in [0.4, 0.5) is 17.5 Å². The number of ether oxygens (including phenoxy) is 1. The molecular formula is C12H11ClN6O. The lowest BCUT2D eigenvalue weighted by Gasteiger charge is -2.11. The molecule has 3 rings (SSSR count). The van der Waals surface area contributed by atoms with E-state index in [2.05, 4.69) is 20.5 Å². The minimum atomic E-state index is 0.295. The van der Waals surface area contributed by atoms with Crippen molar-refractivity contribution in [2.45, 2.75) is 0 Å². The van der Waals surface area contributed by atoms with Crippen molar-refractivity contribution < 1.29 is 4.74 Å². The van der Waals surface area contributed by atoms with E-state index in [1.54, 1.807) is 42.1 Å². The number of methoxy groups -OCH3 is 1. The second-order valence-corrected chi connectivity index (χ2v) is 4.43. The highest BCUT2D eigenvalue weighted by Crippen LogP contribution is 2.30. The minimum Gasteiger partial charge on any atom is -0.495 e. The average Bonchev–Trinajstić information content (AvgIpc) is 2.82. The van der Waals surface area contributed by atoms with E-state index < -0.39 is 0 Å². The van der Waals surface area contributed by atoms with Gasteiger partial charge in [0.05, 0.1) is 12.8 Å². The van der Waals surface area contributed by atoms with E-state index in [-0.39, 0.29) is 0 Å². The fraction of sp³-hybridized carbons (Fsp3) is 0.0833. The second kappa shape index (κ2) is 4.86. The summed E-state index contributed by atoms with van der Waals surface area (Å²) in [6.45, 7) is 0.